The summed E-state index contributed by atoms with van der Waals surface area (Å²) in [4.78, 5) is 2.18. The molecule has 2 rings (SSSR count). The topological polar surface area (TPSA) is 32.7 Å². The van der Waals surface area contributed by atoms with E-state index in [2.05, 4.69) is 40.0 Å². The van der Waals surface area contributed by atoms with Gasteiger partial charge in [-0.2, -0.15) is 0 Å². The molecule has 100 valence electrons. The van der Waals surface area contributed by atoms with E-state index in [4.69, 9.17) is 4.74 Å². The SMILES string of the molecule is CN(Cc1ccc(Br)cc1)CC1(O)CCOCC1. The Hall–Kier alpha value is -0.420. The monoisotopic (exact) mass is 313 g/mol. The van der Waals surface area contributed by atoms with Crippen molar-refractivity contribution in [1.82, 2.24) is 4.90 Å². The Morgan fingerprint density at radius 1 is 1.28 bits per heavy atom. The van der Waals surface area contributed by atoms with Gasteiger partial charge in [-0.05, 0) is 24.7 Å². The first-order valence-electron chi connectivity index (χ1n) is 6.31. The number of aliphatic hydroxyl groups is 1. The third-order valence-electron chi connectivity index (χ3n) is 3.35. The summed E-state index contributed by atoms with van der Waals surface area (Å²) in [6, 6.07) is 8.31. The van der Waals surface area contributed by atoms with Gasteiger partial charge in [0.15, 0.2) is 0 Å². The van der Waals surface area contributed by atoms with Crippen LogP contribution in [0.15, 0.2) is 28.7 Å². The number of hydrogen-bond donors (Lipinski definition) is 1. The second-order valence-electron chi connectivity index (χ2n) is 5.14. The molecule has 0 radical (unpaired) electrons. The third-order valence-corrected chi connectivity index (χ3v) is 3.88. The predicted molar refractivity (Wildman–Crippen MR) is 75.5 cm³/mol. The molecule has 0 spiro atoms. The normalized spacial score (nSPS) is 19.1. The minimum Gasteiger partial charge on any atom is -0.388 e. The zero-order valence-electron chi connectivity index (χ0n) is 10.7. The molecule has 0 atom stereocenters. The van der Waals surface area contributed by atoms with E-state index >= 15 is 0 Å². The lowest BCUT2D eigenvalue weighted by atomic mass is 9.94. The second-order valence-corrected chi connectivity index (χ2v) is 6.05. The first-order chi connectivity index (χ1) is 8.57. The van der Waals surface area contributed by atoms with Crippen LogP contribution in [-0.2, 0) is 11.3 Å². The van der Waals surface area contributed by atoms with Crippen molar-refractivity contribution in [2.75, 3.05) is 26.8 Å². The highest BCUT2D eigenvalue weighted by Crippen LogP contribution is 2.22. The van der Waals surface area contributed by atoms with Crippen LogP contribution in [-0.4, -0.2) is 42.4 Å². The molecule has 0 aliphatic carbocycles. The zero-order chi connectivity index (χ0) is 13.0. The van der Waals surface area contributed by atoms with Gasteiger partial charge in [-0.25, -0.2) is 0 Å². The second kappa shape index (κ2) is 6.15. The maximum Gasteiger partial charge on any atom is 0.0817 e. The van der Waals surface area contributed by atoms with Gasteiger partial charge in [-0.3, -0.25) is 4.90 Å². The van der Waals surface area contributed by atoms with E-state index in [-0.39, 0.29) is 0 Å². The molecular formula is C14H20BrNO2. The molecule has 1 heterocycles. The first kappa shape index (κ1) is 14.0. The molecule has 0 saturated carbocycles. The summed E-state index contributed by atoms with van der Waals surface area (Å²) in [7, 11) is 2.05. The summed E-state index contributed by atoms with van der Waals surface area (Å²) in [5, 5.41) is 10.4. The van der Waals surface area contributed by atoms with Crippen molar-refractivity contribution in [2.24, 2.45) is 0 Å². The molecule has 1 fully saturated rings. The van der Waals surface area contributed by atoms with E-state index in [1.807, 2.05) is 12.1 Å². The predicted octanol–water partition coefficient (Wildman–Crippen LogP) is 2.42. The minimum absolute atomic E-state index is 0.581. The van der Waals surface area contributed by atoms with E-state index in [0.29, 0.717) is 19.8 Å². The van der Waals surface area contributed by atoms with Gasteiger partial charge in [0, 0.05) is 43.6 Å². The van der Waals surface area contributed by atoms with Gasteiger partial charge < -0.3 is 9.84 Å². The lowest BCUT2D eigenvalue weighted by molar-refractivity contribution is -0.0777. The highest BCUT2D eigenvalue weighted by atomic mass is 79.9. The molecule has 1 aliphatic rings. The van der Waals surface area contributed by atoms with Crippen molar-refractivity contribution < 1.29 is 9.84 Å². The lowest BCUT2D eigenvalue weighted by Gasteiger charge is -2.35. The van der Waals surface area contributed by atoms with Crippen molar-refractivity contribution in [3.8, 4) is 0 Å². The molecule has 0 bridgehead atoms. The molecule has 3 nitrogen and oxygen atoms in total. The largest absolute Gasteiger partial charge is 0.388 e. The molecular weight excluding hydrogens is 294 g/mol. The lowest BCUT2D eigenvalue weighted by Crippen LogP contribution is -2.45. The number of ether oxygens (including phenoxy) is 1. The van der Waals surface area contributed by atoms with Gasteiger partial charge in [0.1, 0.15) is 0 Å². The third kappa shape index (κ3) is 4.05. The van der Waals surface area contributed by atoms with Crippen molar-refractivity contribution >= 4 is 15.9 Å². The molecule has 1 saturated heterocycles. The maximum atomic E-state index is 10.4. The van der Waals surface area contributed by atoms with Gasteiger partial charge >= 0.3 is 0 Å². The Morgan fingerprint density at radius 3 is 2.50 bits per heavy atom. The average Bonchev–Trinajstić information content (AvgIpc) is 2.32. The van der Waals surface area contributed by atoms with Crippen LogP contribution in [0.4, 0.5) is 0 Å². The Labute approximate surface area is 117 Å². The van der Waals surface area contributed by atoms with Gasteiger partial charge in [-0.15, -0.1) is 0 Å². The van der Waals surface area contributed by atoms with E-state index in [9.17, 15) is 5.11 Å². The number of rotatable bonds is 4. The Bertz CT molecular complexity index is 374. The van der Waals surface area contributed by atoms with E-state index in [1.165, 1.54) is 5.56 Å². The fourth-order valence-electron chi connectivity index (χ4n) is 2.37. The number of halogens is 1. The summed E-state index contributed by atoms with van der Waals surface area (Å²) in [5.41, 5.74) is 0.680. The quantitative estimate of drug-likeness (QED) is 0.926. The summed E-state index contributed by atoms with van der Waals surface area (Å²) >= 11 is 3.43. The Balaban J connectivity index is 1.87. The summed E-state index contributed by atoms with van der Waals surface area (Å²) in [5.74, 6) is 0. The van der Waals surface area contributed by atoms with Crippen molar-refractivity contribution in [3.05, 3.63) is 34.3 Å². The van der Waals surface area contributed by atoms with Gasteiger partial charge in [0.25, 0.3) is 0 Å². The molecule has 1 N–H and O–H groups in total. The van der Waals surface area contributed by atoms with Gasteiger partial charge in [0.2, 0.25) is 0 Å². The first-order valence-corrected chi connectivity index (χ1v) is 7.10. The highest BCUT2D eigenvalue weighted by Gasteiger charge is 2.30. The van der Waals surface area contributed by atoms with Gasteiger partial charge in [0.05, 0.1) is 5.60 Å². The van der Waals surface area contributed by atoms with Crippen LogP contribution in [0.5, 0.6) is 0 Å². The van der Waals surface area contributed by atoms with Crippen LogP contribution in [0.1, 0.15) is 18.4 Å². The van der Waals surface area contributed by atoms with Crippen molar-refractivity contribution in [3.63, 3.8) is 0 Å². The van der Waals surface area contributed by atoms with Crippen molar-refractivity contribution in [1.29, 1.82) is 0 Å². The van der Waals surface area contributed by atoms with Crippen LogP contribution in [0.2, 0.25) is 0 Å². The van der Waals surface area contributed by atoms with Crippen LogP contribution >= 0.6 is 15.9 Å². The number of likely N-dealkylation sites (N-methyl/N-ethyl adjacent to an activating group) is 1. The Morgan fingerprint density at radius 2 is 1.89 bits per heavy atom. The van der Waals surface area contributed by atoms with Crippen LogP contribution in [0.25, 0.3) is 0 Å². The van der Waals surface area contributed by atoms with Gasteiger partial charge in [-0.1, -0.05) is 28.1 Å². The van der Waals surface area contributed by atoms with Crippen LogP contribution in [0.3, 0.4) is 0 Å². The number of benzene rings is 1. The standard InChI is InChI=1S/C14H20BrNO2/c1-16(10-12-2-4-13(15)5-3-12)11-14(17)6-8-18-9-7-14/h2-5,17H,6-11H2,1H3. The molecule has 4 heteroatoms. The Kier molecular flexibility index (Phi) is 4.78. The van der Waals surface area contributed by atoms with E-state index < -0.39 is 5.60 Å². The van der Waals surface area contributed by atoms with Crippen molar-refractivity contribution in [2.45, 2.75) is 25.0 Å². The van der Waals surface area contributed by atoms with Crippen LogP contribution in [0, 0.1) is 0 Å². The van der Waals surface area contributed by atoms with E-state index in [0.717, 1.165) is 23.9 Å². The smallest absolute Gasteiger partial charge is 0.0817 e. The maximum absolute atomic E-state index is 10.4. The molecule has 1 aromatic rings. The summed E-state index contributed by atoms with van der Waals surface area (Å²) in [6.45, 7) is 2.90. The van der Waals surface area contributed by atoms with Crippen LogP contribution < -0.4 is 0 Å². The summed E-state index contributed by atoms with van der Waals surface area (Å²) in [6.07, 6.45) is 1.47. The molecule has 0 amide bonds. The molecule has 1 aromatic carbocycles. The van der Waals surface area contributed by atoms with E-state index in [1.54, 1.807) is 0 Å². The molecule has 18 heavy (non-hydrogen) atoms. The fraction of sp³-hybridized carbons (Fsp3) is 0.571. The fourth-order valence-corrected chi connectivity index (χ4v) is 2.63. The number of nitrogens with zero attached hydrogens (tertiary/aromatic N) is 1. The highest BCUT2D eigenvalue weighted by molar-refractivity contribution is 9.10. The molecule has 1 aliphatic heterocycles. The zero-order valence-corrected chi connectivity index (χ0v) is 12.3. The molecule has 0 unspecified atom stereocenters. The number of hydrogen-bond acceptors (Lipinski definition) is 3. The summed E-state index contributed by atoms with van der Waals surface area (Å²) < 4.78 is 6.39. The average molecular weight is 314 g/mol. The minimum atomic E-state index is -0.581. The molecule has 0 aromatic heterocycles.